The van der Waals surface area contributed by atoms with E-state index in [-0.39, 0.29) is 0 Å². The van der Waals surface area contributed by atoms with Gasteiger partial charge in [0.05, 0.1) is 28.0 Å². The number of anilines is 1. The fourth-order valence-corrected chi connectivity index (χ4v) is 2.16. The van der Waals surface area contributed by atoms with Crippen LogP contribution in [0.5, 0.6) is 0 Å². The first-order valence-electron chi connectivity index (χ1n) is 5.40. The molecule has 1 aromatic carbocycles. The lowest BCUT2D eigenvalue weighted by Crippen LogP contribution is -2.32. The van der Waals surface area contributed by atoms with Gasteiger partial charge in [0.15, 0.2) is 0 Å². The fourth-order valence-electron chi connectivity index (χ4n) is 1.40. The minimum atomic E-state index is -0.755. The summed E-state index contributed by atoms with van der Waals surface area (Å²) in [6.07, 6.45) is 0.670. The van der Waals surface area contributed by atoms with Crippen molar-refractivity contribution in [3.8, 4) is 0 Å². The number of hydrogen-bond acceptors (Lipinski definition) is 5. The second-order valence-corrected chi connectivity index (χ2v) is 5.19. The van der Waals surface area contributed by atoms with Crippen molar-refractivity contribution in [2.24, 2.45) is 0 Å². The maximum Gasteiger partial charge on any atom is 0.129 e. The van der Waals surface area contributed by atoms with Crippen LogP contribution in [0.3, 0.4) is 0 Å². The summed E-state index contributed by atoms with van der Waals surface area (Å²) in [7, 11) is 0. The number of nitrogens with one attached hydrogen (secondary N) is 1. The lowest BCUT2D eigenvalue weighted by molar-refractivity contribution is 0.0698. The van der Waals surface area contributed by atoms with Crippen molar-refractivity contribution < 1.29 is 5.11 Å². The summed E-state index contributed by atoms with van der Waals surface area (Å²) in [6, 6.07) is 3.62. The van der Waals surface area contributed by atoms with Crippen molar-refractivity contribution in [3.63, 3.8) is 0 Å². The van der Waals surface area contributed by atoms with Gasteiger partial charge in [0.1, 0.15) is 11.0 Å². The summed E-state index contributed by atoms with van der Waals surface area (Å²) in [5.74, 6) is 0. The minimum absolute atomic E-state index is 0.430. The van der Waals surface area contributed by atoms with Crippen LogP contribution in [-0.4, -0.2) is 26.0 Å². The molecule has 1 atom stereocenters. The number of rotatable bonds is 4. The highest BCUT2D eigenvalue weighted by molar-refractivity contribution is 7.00. The van der Waals surface area contributed by atoms with Crippen LogP contribution in [0.25, 0.3) is 11.0 Å². The second kappa shape index (κ2) is 4.76. The minimum Gasteiger partial charge on any atom is -0.388 e. The van der Waals surface area contributed by atoms with Gasteiger partial charge in [-0.05, 0) is 25.5 Å². The zero-order valence-electron chi connectivity index (χ0n) is 9.70. The van der Waals surface area contributed by atoms with Crippen LogP contribution < -0.4 is 5.32 Å². The standard InChI is InChI=1S/C11H14ClN3OS/c1-3-11(2,16)6-13-9-7(12)4-5-8-10(9)15-17-14-8/h4-5,13,16H,3,6H2,1-2H3. The Labute approximate surface area is 109 Å². The Morgan fingerprint density at radius 2 is 2.24 bits per heavy atom. The molecule has 2 rings (SSSR count). The van der Waals surface area contributed by atoms with Gasteiger partial charge < -0.3 is 10.4 Å². The SMILES string of the molecule is CCC(C)(O)CNc1c(Cl)ccc2nsnc12. The topological polar surface area (TPSA) is 58.0 Å². The van der Waals surface area contributed by atoms with Crippen molar-refractivity contribution in [3.05, 3.63) is 17.2 Å². The van der Waals surface area contributed by atoms with Gasteiger partial charge in [0.2, 0.25) is 0 Å². The fraction of sp³-hybridized carbons (Fsp3) is 0.455. The molecule has 0 radical (unpaired) electrons. The average molecular weight is 272 g/mol. The van der Waals surface area contributed by atoms with E-state index in [1.165, 1.54) is 0 Å². The molecule has 92 valence electrons. The molecule has 0 saturated heterocycles. The molecule has 2 aromatic rings. The molecule has 1 heterocycles. The predicted octanol–water partition coefficient (Wildman–Crippen LogP) is 2.92. The number of benzene rings is 1. The van der Waals surface area contributed by atoms with Crippen molar-refractivity contribution in [1.82, 2.24) is 8.75 Å². The zero-order chi connectivity index (χ0) is 12.5. The maximum atomic E-state index is 9.96. The van der Waals surface area contributed by atoms with Gasteiger partial charge in [0, 0.05) is 6.54 Å². The van der Waals surface area contributed by atoms with E-state index < -0.39 is 5.60 Å². The Bertz CT molecular complexity index is 526. The average Bonchev–Trinajstić information content (AvgIpc) is 2.76. The molecule has 2 N–H and O–H groups in total. The van der Waals surface area contributed by atoms with E-state index in [2.05, 4.69) is 14.1 Å². The third kappa shape index (κ3) is 2.68. The molecule has 17 heavy (non-hydrogen) atoms. The quantitative estimate of drug-likeness (QED) is 0.898. The summed E-state index contributed by atoms with van der Waals surface area (Å²) in [4.78, 5) is 0. The molecule has 0 amide bonds. The lowest BCUT2D eigenvalue weighted by atomic mass is 10.0. The van der Waals surface area contributed by atoms with Gasteiger partial charge in [-0.15, -0.1) is 0 Å². The Morgan fingerprint density at radius 1 is 1.47 bits per heavy atom. The van der Waals surface area contributed by atoms with Gasteiger partial charge in [-0.25, -0.2) is 0 Å². The van der Waals surface area contributed by atoms with Crippen molar-refractivity contribution in [2.45, 2.75) is 25.9 Å². The molecule has 0 spiro atoms. The van der Waals surface area contributed by atoms with Crippen LogP contribution in [0.2, 0.25) is 5.02 Å². The molecule has 1 aromatic heterocycles. The first-order chi connectivity index (χ1) is 8.03. The molecule has 0 fully saturated rings. The van der Waals surface area contributed by atoms with Crippen molar-refractivity contribution in [1.29, 1.82) is 0 Å². The van der Waals surface area contributed by atoms with Crippen LogP contribution in [0.15, 0.2) is 12.1 Å². The van der Waals surface area contributed by atoms with E-state index in [0.717, 1.165) is 28.4 Å². The van der Waals surface area contributed by atoms with E-state index in [0.29, 0.717) is 18.0 Å². The van der Waals surface area contributed by atoms with Gasteiger partial charge in [-0.2, -0.15) is 8.75 Å². The third-order valence-corrected chi connectivity index (χ3v) is 3.64. The van der Waals surface area contributed by atoms with Crippen molar-refractivity contribution in [2.75, 3.05) is 11.9 Å². The van der Waals surface area contributed by atoms with E-state index in [4.69, 9.17) is 11.6 Å². The number of aliphatic hydroxyl groups is 1. The summed E-state index contributed by atoms with van der Waals surface area (Å²) >= 11 is 7.28. The molecule has 0 aliphatic rings. The lowest BCUT2D eigenvalue weighted by Gasteiger charge is -2.22. The number of hydrogen-bond donors (Lipinski definition) is 2. The van der Waals surface area contributed by atoms with Crippen LogP contribution in [-0.2, 0) is 0 Å². The Morgan fingerprint density at radius 3 is 2.94 bits per heavy atom. The zero-order valence-corrected chi connectivity index (χ0v) is 11.3. The van der Waals surface area contributed by atoms with E-state index in [9.17, 15) is 5.11 Å². The Hall–Kier alpha value is -0.910. The monoisotopic (exact) mass is 271 g/mol. The third-order valence-electron chi connectivity index (χ3n) is 2.78. The Balaban J connectivity index is 2.28. The summed E-state index contributed by atoms with van der Waals surface area (Å²) in [5, 5.41) is 13.7. The molecule has 4 nitrogen and oxygen atoms in total. The molecule has 1 unspecified atom stereocenters. The second-order valence-electron chi connectivity index (χ2n) is 4.26. The molecular weight excluding hydrogens is 258 g/mol. The van der Waals surface area contributed by atoms with Gasteiger partial charge in [-0.3, -0.25) is 0 Å². The molecular formula is C11H14ClN3OS. The van der Waals surface area contributed by atoms with Crippen molar-refractivity contribution >= 4 is 40.0 Å². The van der Waals surface area contributed by atoms with Crippen LogP contribution in [0.1, 0.15) is 20.3 Å². The number of aromatic nitrogens is 2. The molecule has 6 heteroatoms. The smallest absolute Gasteiger partial charge is 0.129 e. The predicted molar refractivity (Wildman–Crippen MR) is 71.8 cm³/mol. The van der Waals surface area contributed by atoms with Crippen LogP contribution in [0, 0.1) is 0 Å². The van der Waals surface area contributed by atoms with Gasteiger partial charge in [0.25, 0.3) is 0 Å². The van der Waals surface area contributed by atoms with E-state index in [1.54, 1.807) is 13.0 Å². The molecule has 0 bridgehead atoms. The number of halogens is 1. The maximum absolute atomic E-state index is 9.96. The molecule has 0 aliphatic heterocycles. The largest absolute Gasteiger partial charge is 0.388 e. The normalized spacial score (nSPS) is 14.8. The molecule has 0 aliphatic carbocycles. The highest BCUT2D eigenvalue weighted by Crippen LogP contribution is 2.30. The highest BCUT2D eigenvalue weighted by atomic mass is 35.5. The van der Waals surface area contributed by atoms with Crippen LogP contribution in [0.4, 0.5) is 5.69 Å². The van der Waals surface area contributed by atoms with E-state index in [1.807, 2.05) is 13.0 Å². The van der Waals surface area contributed by atoms with Gasteiger partial charge >= 0.3 is 0 Å². The summed E-state index contributed by atoms with van der Waals surface area (Å²) in [6.45, 7) is 4.15. The first kappa shape index (κ1) is 12.5. The number of fused-ring (bicyclic) bond motifs is 1. The molecule has 0 saturated carbocycles. The first-order valence-corrected chi connectivity index (χ1v) is 6.51. The van der Waals surface area contributed by atoms with Gasteiger partial charge in [-0.1, -0.05) is 18.5 Å². The highest BCUT2D eigenvalue weighted by Gasteiger charge is 2.19. The summed E-state index contributed by atoms with van der Waals surface area (Å²) in [5.41, 5.74) is 1.56. The number of nitrogens with zero attached hydrogens (tertiary/aromatic N) is 2. The Kier molecular flexibility index (Phi) is 3.51. The van der Waals surface area contributed by atoms with E-state index >= 15 is 0 Å². The summed E-state index contributed by atoms with van der Waals surface area (Å²) < 4.78 is 8.36. The van der Waals surface area contributed by atoms with Crippen LogP contribution >= 0.6 is 23.3 Å².